The largest absolute Gasteiger partial charge is 0.496 e. The maximum atomic E-state index is 11.3. The first-order valence-corrected chi connectivity index (χ1v) is 9.66. The van der Waals surface area contributed by atoms with Crippen molar-refractivity contribution in [3.05, 3.63) is 58.4 Å². The zero-order chi connectivity index (χ0) is 19.4. The highest BCUT2D eigenvalue weighted by molar-refractivity contribution is 6.30. The Balaban J connectivity index is 1.99. The normalized spacial score (nSPS) is 16.9. The highest BCUT2D eigenvalue weighted by Crippen LogP contribution is 2.37. The van der Waals surface area contributed by atoms with Crippen molar-refractivity contribution in [3.63, 3.8) is 0 Å². The van der Waals surface area contributed by atoms with E-state index in [1.54, 1.807) is 7.11 Å². The van der Waals surface area contributed by atoms with Crippen LogP contribution in [0.1, 0.15) is 42.6 Å². The number of hydrogen-bond donors (Lipinski definition) is 1. The lowest BCUT2D eigenvalue weighted by Gasteiger charge is -2.37. The summed E-state index contributed by atoms with van der Waals surface area (Å²) >= 11 is 6.28. The smallest absolute Gasteiger partial charge is 0.306 e. The number of ether oxygens (including phenoxy) is 1. The minimum absolute atomic E-state index is 0.126. The first-order valence-electron chi connectivity index (χ1n) is 9.28. The number of methoxy groups -OCH3 is 1. The zero-order valence-electron chi connectivity index (χ0n) is 15.7. The summed E-state index contributed by atoms with van der Waals surface area (Å²) < 4.78 is 5.59. The van der Waals surface area contributed by atoms with Gasteiger partial charge in [0.15, 0.2) is 0 Å². The summed E-state index contributed by atoms with van der Waals surface area (Å²) in [6, 6.07) is 9.62. The number of rotatable bonds is 6. The molecule has 1 atom stereocenters. The maximum absolute atomic E-state index is 11.3. The number of aryl methyl sites for hydroxylation is 1. The number of carbonyl (C=O) groups is 1. The number of benzene rings is 1. The van der Waals surface area contributed by atoms with Gasteiger partial charge in [0.1, 0.15) is 5.75 Å². The molecule has 1 saturated heterocycles. The van der Waals surface area contributed by atoms with E-state index in [0.29, 0.717) is 31.0 Å². The van der Waals surface area contributed by atoms with Crippen LogP contribution < -0.4 is 4.74 Å². The average molecular weight is 389 g/mol. The lowest BCUT2D eigenvalue weighted by atomic mass is 9.92. The SMILES string of the molecule is CCc1ccc(C(c2cc(Cl)ccc2OC)N2CCC(C(=O)O)CC2)nc1. The van der Waals surface area contributed by atoms with Crippen LogP contribution in [0.25, 0.3) is 0 Å². The fraction of sp³-hybridized carbons (Fsp3) is 0.429. The van der Waals surface area contributed by atoms with Crippen molar-refractivity contribution < 1.29 is 14.6 Å². The van der Waals surface area contributed by atoms with E-state index in [2.05, 4.69) is 17.9 Å². The summed E-state index contributed by atoms with van der Waals surface area (Å²) in [5.41, 5.74) is 3.05. The van der Waals surface area contributed by atoms with Crippen molar-refractivity contribution in [2.24, 2.45) is 5.92 Å². The van der Waals surface area contributed by atoms with Gasteiger partial charge in [-0.1, -0.05) is 24.6 Å². The van der Waals surface area contributed by atoms with Crippen LogP contribution in [0.5, 0.6) is 5.75 Å². The van der Waals surface area contributed by atoms with E-state index in [-0.39, 0.29) is 12.0 Å². The molecular formula is C21H25ClN2O3. The Labute approximate surface area is 164 Å². The summed E-state index contributed by atoms with van der Waals surface area (Å²) in [6.07, 6.45) is 4.09. The minimum Gasteiger partial charge on any atom is -0.496 e. The first-order chi connectivity index (χ1) is 13.0. The molecule has 0 bridgehead atoms. The molecule has 27 heavy (non-hydrogen) atoms. The molecule has 144 valence electrons. The molecule has 1 fully saturated rings. The molecule has 2 heterocycles. The molecule has 1 aromatic heterocycles. The molecule has 1 N–H and O–H groups in total. The van der Waals surface area contributed by atoms with Crippen LogP contribution in [-0.2, 0) is 11.2 Å². The summed E-state index contributed by atoms with van der Waals surface area (Å²) in [7, 11) is 1.65. The maximum Gasteiger partial charge on any atom is 0.306 e. The van der Waals surface area contributed by atoms with Crippen molar-refractivity contribution in [2.45, 2.75) is 32.2 Å². The Morgan fingerprint density at radius 2 is 2.07 bits per heavy atom. The van der Waals surface area contributed by atoms with Gasteiger partial charge in [0.05, 0.1) is 24.8 Å². The first kappa shape index (κ1) is 19.6. The number of halogens is 1. The Morgan fingerprint density at radius 3 is 2.63 bits per heavy atom. The number of carboxylic acid groups (broad SMARTS) is 1. The van der Waals surface area contributed by atoms with Crippen molar-refractivity contribution in [1.29, 1.82) is 0 Å². The molecule has 2 aromatic rings. The quantitative estimate of drug-likeness (QED) is 0.803. The van der Waals surface area contributed by atoms with Gasteiger partial charge in [-0.2, -0.15) is 0 Å². The predicted octanol–water partition coefficient (Wildman–Crippen LogP) is 4.19. The molecule has 5 nitrogen and oxygen atoms in total. The number of aromatic nitrogens is 1. The van der Waals surface area contributed by atoms with Crippen LogP contribution in [0.15, 0.2) is 36.5 Å². The third-order valence-electron chi connectivity index (χ3n) is 5.27. The van der Waals surface area contributed by atoms with Gasteiger partial charge >= 0.3 is 5.97 Å². The molecule has 0 spiro atoms. The van der Waals surface area contributed by atoms with E-state index < -0.39 is 5.97 Å². The van der Waals surface area contributed by atoms with E-state index in [4.69, 9.17) is 21.3 Å². The van der Waals surface area contributed by atoms with Gasteiger partial charge in [0.2, 0.25) is 0 Å². The third-order valence-corrected chi connectivity index (χ3v) is 5.50. The molecule has 1 aromatic carbocycles. The second kappa shape index (κ2) is 8.72. The van der Waals surface area contributed by atoms with Gasteiger partial charge in [-0.05, 0) is 62.2 Å². The Bertz CT molecular complexity index is 787. The molecule has 0 radical (unpaired) electrons. The van der Waals surface area contributed by atoms with Crippen LogP contribution >= 0.6 is 11.6 Å². The van der Waals surface area contributed by atoms with Gasteiger partial charge in [-0.3, -0.25) is 14.7 Å². The number of pyridine rings is 1. The van der Waals surface area contributed by atoms with Gasteiger partial charge in [-0.15, -0.1) is 0 Å². The number of hydrogen-bond acceptors (Lipinski definition) is 4. The standard InChI is InChI=1S/C21H25ClN2O3/c1-3-14-4-6-18(23-13-14)20(17-12-16(22)5-7-19(17)27-2)24-10-8-15(9-11-24)21(25)26/h4-7,12-13,15,20H,3,8-11H2,1-2H3,(H,25,26). The van der Waals surface area contributed by atoms with Crippen LogP contribution in [0.3, 0.4) is 0 Å². The fourth-order valence-electron chi connectivity index (χ4n) is 3.67. The molecule has 1 aliphatic heterocycles. The lowest BCUT2D eigenvalue weighted by molar-refractivity contribution is -0.143. The van der Waals surface area contributed by atoms with Gasteiger partial charge in [0, 0.05) is 16.8 Å². The summed E-state index contributed by atoms with van der Waals surface area (Å²) in [5.74, 6) is -0.235. The Hall–Kier alpha value is -2.11. The average Bonchev–Trinajstić information content (AvgIpc) is 2.69. The zero-order valence-corrected chi connectivity index (χ0v) is 16.4. The molecular weight excluding hydrogens is 364 g/mol. The Kier molecular flexibility index (Phi) is 6.34. The van der Waals surface area contributed by atoms with E-state index in [0.717, 1.165) is 23.4 Å². The topological polar surface area (TPSA) is 62.7 Å². The molecule has 3 rings (SSSR count). The minimum atomic E-state index is -0.711. The molecule has 0 amide bonds. The predicted molar refractivity (Wildman–Crippen MR) is 105 cm³/mol. The number of piperidine rings is 1. The summed E-state index contributed by atoms with van der Waals surface area (Å²) in [4.78, 5) is 18.3. The fourth-order valence-corrected chi connectivity index (χ4v) is 3.85. The number of likely N-dealkylation sites (tertiary alicyclic amines) is 1. The molecule has 1 aliphatic rings. The van der Waals surface area contributed by atoms with E-state index >= 15 is 0 Å². The van der Waals surface area contributed by atoms with Crippen molar-refractivity contribution in [1.82, 2.24) is 9.88 Å². The number of aliphatic carboxylic acids is 1. The second-order valence-corrected chi connectivity index (χ2v) is 7.32. The third kappa shape index (κ3) is 4.42. The molecule has 6 heteroatoms. The Morgan fingerprint density at radius 1 is 1.33 bits per heavy atom. The van der Waals surface area contributed by atoms with Crippen LogP contribution in [0.2, 0.25) is 5.02 Å². The van der Waals surface area contributed by atoms with Crippen LogP contribution in [0, 0.1) is 5.92 Å². The highest BCUT2D eigenvalue weighted by atomic mass is 35.5. The van der Waals surface area contributed by atoms with Crippen molar-refractivity contribution in [2.75, 3.05) is 20.2 Å². The monoisotopic (exact) mass is 388 g/mol. The second-order valence-electron chi connectivity index (χ2n) is 6.88. The van der Waals surface area contributed by atoms with E-state index in [9.17, 15) is 9.90 Å². The van der Waals surface area contributed by atoms with E-state index in [1.165, 1.54) is 5.56 Å². The van der Waals surface area contributed by atoms with Crippen molar-refractivity contribution >= 4 is 17.6 Å². The molecule has 1 unspecified atom stereocenters. The lowest BCUT2D eigenvalue weighted by Crippen LogP contribution is -2.39. The summed E-state index contributed by atoms with van der Waals surface area (Å²) in [5, 5.41) is 9.95. The van der Waals surface area contributed by atoms with Crippen LogP contribution in [-0.4, -0.2) is 41.2 Å². The van der Waals surface area contributed by atoms with Gasteiger partial charge < -0.3 is 9.84 Å². The van der Waals surface area contributed by atoms with Gasteiger partial charge in [-0.25, -0.2) is 0 Å². The number of carboxylic acids is 1. The van der Waals surface area contributed by atoms with E-state index in [1.807, 2.05) is 30.5 Å². The van der Waals surface area contributed by atoms with Crippen LogP contribution in [0.4, 0.5) is 0 Å². The molecule has 0 aliphatic carbocycles. The summed E-state index contributed by atoms with van der Waals surface area (Å²) in [6.45, 7) is 3.48. The molecule has 0 saturated carbocycles. The van der Waals surface area contributed by atoms with Gasteiger partial charge in [0.25, 0.3) is 0 Å². The van der Waals surface area contributed by atoms with Crippen molar-refractivity contribution in [3.8, 4) is 5.75 Å². The number of nitrogens with zero attached hydrogens (tertiary/aromatic N) is 2. The highest BCUT2D eigenvalue weighted by Gasteiger charge is 2.32.